The lowest BCUT2D eigenvalue weighted by atomic mass is 10.0. The van der Waals surface area contributed by atoms with Crippen molar-refractivity contribution in [3.8, 4) is 22.9 Å². The summed E-state index contributed by atoms with van der Waals surface area (Å²) in [7, 11) is 0. The number of phenols is 1. The smallest absolute Gasteiger partial charge is 0.299 e. The van der Waals surface area contributed by atoms with Crippen LogP contribution in [-0.4, -0.2) is 37.8 Å². The number of halogens is 2. The fraction of sp³-hybridized carbons (Fsp3) is 0.261. The van der Waals surface area contributed by atoms with Crippen LogP contribution in [0.4, 0.5) is 10.2 Å². The number of fused-ring (bicyclic) bond motifs is 3. The zero-order valence-corrected chi connectivity index (χ0v) is 19.7. The normalized spacial score (nSPS) is 14.4. The Balaban J connectivity index is 1.38. The zero-order valence-electron chi connectivity index (χ0n) is 17.6. The van der Waals surface area contributed by atoms with E-state index in [2.05, 4.69) is 56.7 Å². The topological polar surface area (TPSA) is 85.1 Å². The van der Waals surface area contributed by atoms with Crippen molar-refractivity contribution in [3.05, 3.63) is 57.7 Å². The fourth-order valence-electron chi connectivity index (χ4n) is 3.93. The molecule has 0 saturated heterocycles. The highest BCUT2D eigenvalue weighted by molar-refractivity contribution is 14.1. The molecule has 0 unspecified atom stereocenters. The van der Waals surface area contributed by atoms with Gasteiger partial charge in [0, 0.05) is 34.7 Å². The van der Waals surface area contributed by atoms with Crippen molar-refractivity contribution in [3.63, 3.8) is 0 Å². The van der Waals surface area contributed by atoms with Crippen molar-refractivity contribution in [2.45, 2.75) is 25.8 Å². The number of anilines is 1. The number of aromatic hydroxyl groups is 1. The lowest BCUT2D eigenvalue weighted by molar-refractivity contribution is 0.268. The monoisotopic (exact) mass is 545 g/mol. The van der Waals surface area contributed by atoms with Gasteiger partial charge in [-0.3, -0.25) is 4.57 Å². The number of benzene rings is 2. The van der Waals surface area contributed by atoms with Gasteiger partial charge in [0.2, 0.25) is 0 Å². The number of phenolic OH excluding ortho intramolecular Hbond substituents is 1. The average Bonchev–Trinajstić information content (AvgIpc) is 3.26. The van der Waals surface area contributed by atoms with Crippen LogP contribution in [0.2, 0.25) is 0 Å². The minimum absolute atomic E-state index is 0.120. The van der Waals surface area contributed by atoms with E-state index in [9.17, 15) is 9.50 Å². The summed E-state index contributed by atoms with van der Waals surface area (Å²) in [5, 5.41) is 13.6. The Bertz CT molecular complexity index is 1340. The van der Waals surface area contributed by atoms with Crippen molar-refractivity contribution >= 4 is 39.6 Å². The number of hydrogen-bond donors (Lipinski definition) is 2. The highest BCUT2D eigenvalue weighted by atomic mass is 127. The van der Waals surface area contributed by atoms with Gasteiger partial charge in [0.05, 0.1) is 5.54 Å². The van der Waals surface area contributed by atoms with E-state index in [1.807, 2.05) is 16.7 Å². The molecular weight excluding hydrogens is 524 g/mol. The molecule has 1 aliphatic heterocycles. The standard InChI is InChI=1S/C23H21FIN5O2/c1-23(2)12-32-22-27-18-19(28-21(25)29-20(18)30(22)23)26-9-8-13-6-7-17(31)16(10-13)14-4-3-5-15(24)11-14/h3-7,10-11,31H,8-9,12H2,1-2H3,(H,26,28,29). The molecule has 0 atom stereocenters. The summed E-state index contributed by atoms with van der Waals surface area (Å²) < 4.78 is 22.0. The Morgan fingerprint density at radius 2 is 2.03 bits per heavy atom. The second kappa shape index (κ2) is 7.88. The maximum atomic E-state index is 13.6. The van der Waals surface area contributed by atoms with Crippen LogP contribution < -0.4 is 10.1 Å². The number of aromatic nitrogens is 4. The minimum atomic E-state index is -0.338. The Labute approximate surface area is 197 Å². The van der Waals surface area contributed by atoms with E-state index >= 15 is 0 Å². The molecule has 0 spiro atoms. The van der Waals surface area contributed by atoms with Gasteiger partial charge in [-0.05, 0) is 55.7 Å². The molecule has 7 nitrogen and oxygen atoms in total. The molecule has 164 valence electrons. The van der Waals surface area contributed by atoms with Crippen LogP contribution in [0.3, 0.4) is 0 Å². The van der Waals surface area contributed by atoms with Crippen LogP contribution in [-0.2, 0) is 12.0 Å². The Kier molecular flexibility index (Phi) is 5.15. The summed E-state index contributed by atoms with van der Waals surface area (Å²) in [6, 6.07) is 12.2. The van der Waals surface area contributed by atoms with E-state index in [1.165, 1.54) is 12.1 Å². The van der Waals surface area contributed by atoms with Crippen LogP contribution >= 0.6 is 22.6 Å². The van der Waals surface area contributed by atoms with E-state index in [1.54, 1.807) is 18.2 Å². The molecule has 9 heteroatoms. The van der Waals surface area contributed by atoms with Crippen molar-refractivity contribution < 1.29 is 14.2 Å². The highest BCUT2D eigenvalue weighted by Gasteiger charge is 2.36. The fourth-order valence-corrected chi connectivity index (χ4v) is 4.40. The van der Waals surface area contributed by atoms with Crippen LogP contribution in [0.15, 0.2) is 42.5 Å². The molecule has 2 aromatic heterocycles. The summed E-state index contributed by atoms with van der Waals surface area (Å²) >= 11 is 2.11. The third-order valence-corrected chi connectivity index (χ3v) is 5.99. The molecule has 0 saturated carbocycles. The Hall–Kier alpha value is -2.95. The Morgan fingerprint density at radius 1 is 1.19 bits per heavy atom. The molecule has 2 N–H and O–H groups in total. The van der Waals surface area contributed by atoms with Gasteiger partial charge >= 0.3 is 0 Å². The predicted molar refractivity (Wildman–Crippen MR) is 129 cm³/mol. The van der Waals surface area contributed by atoms with Gasteiger partial charge in [0.1, 0.15) is 18.2 Å². The van der Waals surface area contributed by atoms with E-state index in [4.69, 9.17) is 4.74 Å². The molecule has 4 aromatic rings. The predicted octanol–water partition coefficient (Wildman–Crippen LogP) is 4.72. The summed E-state index contributed by atoms with van der Waals surface area (Å²) in [6.07, 6.45) is 0.681. The van der Waals surface area contributed by atoms with Gasteiger partial charge in [0.15, 0.2) is 20.8 Å². The van der Waals surface area contributed by atoms with Crippen LogP contribution in [0, 0.1) is 9.65 Å². The van der Waals surface area contributed by atoms with Crippen LogP contribution in [0.25, 0.3) is 22.3 Å². The van der Waals surface area contributed by atoms with E-state index in [0.29, 0.717) is 51.9 Å². The van der Waals surface area contributed by atoms with Gasteiger partial charge in [0.25, 0.3) is 6.01 Å². The van der Waals surface area contributed by atoms with Gasteiger partial charge in [-0.25, -0.2) is 14.4 Å². The first-order chi connectivity index (χ1) is 15.3. The maximum absolute atomic E-state index is 13.6. The molecule has 0 amide bonds. The first-order valence-electron chi connectivity index (χ1n) is 10.2. The van der Waals surface area contributed by atoms with Crippen molar-refractivity contribution in [1.29, 1.82) is 0 Å². The van der Waals surface area contributed by atoms with E-state index in [0.717, 1.165) is 11.2 Å². The maximum Gasteiger partial charge on any atom is 0.299 e. The molecule has 0 radical (unpaired) electrons. The molecule has 0 aliphatic carbocycles. The minimum Gasteiger partial charge on any atom is -0.507 e. The molecule has 32 heavy (non-hydrogen) atoms. The second-order valence-electron chi connectivity index (χ2n) is 8.38. The van der Waals surface area contributed by atoms with Gasteiger partial charge in [-0.2, -0.15) is 4.98 Å². The summed E-state index contributed by atoms with van der Waals surface area (Å²) in [5.41, 5.74) is 3.46. The lowest BCUT2D eigenvalue weighted by Crippen LogP contribution is -2.26. The van der Waals surface area contributed by atoms with Crippen molar-refractivity contribution in [2.24, 2.45) is 0 Å². The average molecular weight is 545 g/mol. The number of nitrogens with zero attached hydrogens (tertiary/aromatic N) is 4. The second-order valence-corrected chi connectivity index (χ2v) is 9.35. The lowest BCUT2D eigenvalue weighted by Gasteiger charge is -2.18. The molecule has 0 bridgehead atoms. The summed E-state index contributed by atoms with van der Waals surface area (Å²) in [5.74, 6) is 0.440. The largest absolute Gasteiger partial charge is 0.507 e. The van der Waals surface area contributed by atoms with Crippen molar-refractivity contribution in [1.82, 2.24) is 19.5 Å². The summed E-state index contributed by atoms with van der Waals surface area (Å²) in [4.78, 5) is 13.7. The van der Waals surface area contributed by atoms with Crippen LogP contribution in [0.1, 0.15) is 19.4 Å². The molecule has 5 rings (SSSR count). The summed E-state index contributed by atoms with van der Waals surface area (Å²) in [6.45, 7) is 5.34. The molecule has 2 aromatic carbocycles. The van der Waals surface area contributed by atoms with Crippen molar-refractivity contribution in [2.75, 3.05) is 18.5 Å². The third-order valence-electron chi connectivity index (χ3n) is 5.51. The number of rotatable bonds is 5. The van der Waals surface area contributed by atoms with Gasteiger partial charge < -0.3 is 15.2 Å². The third kappa shape index (κ3) is 3.74. The molecular formula is C23H21FIN5O2. The van der Waals surface area contributed by atoms with E-state index < -0.39 is 0 Å². The van der Waals surface area contributed by atoms with Gasteiger partial charge in [-0.1, -0.05) is 18.2 Å². The number of imidazole rings is 1. The SMILES string of the molecule is CC1(C)COc2nc3c(NCCc4ccc(O)c(-c5cccc(F)c5)c4)nc(I)nc3n21. The van der Waals surface area contributed by atoms with Gasteiger partial charge in [-0.15, -0.1) is 0 Å². The quantitative estimate of drug-likeness (QED) is 0.279. The molecule has 1 aliphatic rings. The van der Waals surface area contributed by atoms with E-state index in [-0.39, 0.29) is 17.1 Å². The number of nitrogens with one attached hydrogen (secondary N) is 1. The highest BCUT2D eigenvalue weighted by Crippen LogP contribution is 2.36. The molecule has 3 heterocycles. The molecule has 0 fully saturated rings. The number of ether oxygens (including phenoxy) is 1. The Morgan fingerprint density at radius 3 is 2.84 bits per heavy atom. The zero-order chi connectivity index (χ0) is 22.5. The first kappa shape index (κ1) is 20.9. The first-order valence-corrected chi connectivity index (χ1v) is 11.3. The number of hydrogen-bond acceptors (Lipinski definition) is 6. The van der Waals surface area contributed by atoms with Crippen LogP contribution in [0.5, 0.6) is 11.8 Å².